The van der Waals surface area contributed by atoms with Crippen LogP contribution < -0.4 is 4.74 Å². The molecule has 0 aliphatic carbocycles. The van der Waals surface area contributed by atoms with E-state index in [1.54, 1.807) is 18.3 Å². The Bertz CT molecular complexity index is 1320. The first kappa shape index (κ1) is 23.0. The van der Waals surface area contributed by atoms with Crippen LogP contribution in [0.4, 0.5) is 0 Å². The van der Waals surface area contributed by atoms with E-state index < -0.39 is 0 Å². The number of aldehydes is 1. The Morgan fingerprint density at radius 1 is 1.06 bits per heavy atom. The van der Waals surface area contributed by atoms with Crippen LogP contribution in [-0.4, -0.2) is 26.2 Å². The quantitative estimate of drug-likeness (QED) is 0.326. The highest BCUT2D eigenvalue weighted by Gasteiger charge is 2.19. The van der Waals surface area contributed by atoms with Gasteiger partial charge >= 0.3 is 0 Å². The van der Waals surface area contributed by atoms with Crippen LogP contribution in [0.2, 0.25) is 0 Å². The number of carbonyl (C=O) groups excluding carboxylic acids is 1. The maximum absolute atomic E-state index is 11.4. The number of hydrogen-bond donors (Lipinski definition) is 1. The molecule has 2 aromatic heterocycles. The molecule has 34 heavy (non-hydrogen) atoms. The highest BCUT2D eigenvalue weighted by Crippen LogP contribution is 2.31. The van der Waals surface area contributed by atoms with Crippen molar-refractivity contribution in [2.75, 3.05) is 0 Å². The van der Waals surface area contributed by atoms with Crippen LogP contribution in [0, 0.1) is 6.92 Å². The molecule has 0 bridgehead atoms. The number of aryl methyl sites for hydroxylation is 1. The third-order valence-corrected chi connectivity index (χ3v) is 5.51. The summed E-state index contributed by atoms with van der Waals surface area (Å²) in [4.78, 5) is 16.1. The van der Waals surface area contributed by atoms with Crippen molar-refractivity contribution in [3.05, 3.63) is 94.8 Å². The predicted octanol–water partition coefficient (Wildman–Crippen LogP) is 6.10. The molecule has 0 atom stereocenters. The number of phenolic OH excluding ortho intramolecular Hbond substituents is 1. The zero-order valence-corrected chi connectivity index (χ0v) is 19.5. The predicted molar refractivity (Wildman–Crippen MR) is 134 cm³/mol. The zero-order chi connectivity index (χ0) is 24.1. The van der Waals surface area contributed by atoms with E-state index in [0.29, 0.717) is 12.0 Å². The largest absolute Gasteiger partial charge is 0.507 e. The summed E-state index contributed by atoms with van der Waals surface area (Å²) >= 11 is 0. The lowest BCUT2D eigenvalue weighted by molar-refractivity contribution is 0.111. The number of ether oxygens (including phenoxy) is 1. The number of pyridine rings is 1. The van der Waals surface area contributed by atoms with Crippen molar-refractivity contribution in [3.8, 4) is 22.9 Å². The Hall–Kier alpha value is -4.19. The van der Waals surface area contributed by atoms with Crippen molar-refractivity contribution >= 4 is 18.4 Å². The molecule has 4 aromatic rings. The van der Waals surface area contributed by atoms with Gasteiger partial charge in [-0.15, -0.1) is 0 Å². The number of hydrogen-bond acceptors (Lipinski definition) is 5. The second kappa shape index (κ2) is 10.2. The van der Waals surface area contributed by atoms with Crippen molar-refractivity contribution in [1.82, 2.24) is 14.8 Å². The fraction of sp³-hybridized carbons (Fsp3) is 0.179. The van der Waals surface area contributed by atoms with Gasteiger partial charge in [0.05, 0.1) is 23.1 Å². The average Bonchev–Trinajstić information content (AvgIpc) is 3.27. The Morgan fingerprint density at radius 3 is 2.59 bits per heavy atom. The third-order valence-electron chi connectivity index (χ3n) is 5.51. The standard InChI is InChI=1S/C28H27N3O3/c1-19(2)31-28(22(16-30-31)14-13-21-11-9-20(3)10-12-21)27-23(6-5-15-29-27)18-34-26-8-4-7-25(33)24(26)17-32/h4-17,19,33H,18H2,1-3H3/b14-13+. The topological polar surface area (TPSA) is 77.2 Å². The van der Waals surface area contributed by atoms with Crippen LogP contribution in [0.5, 0.6) is 11.5 Å². The lowest BCUT2D eigenvalue weighted by atomic mass is 10.1. The molecule has 0 radical (unpaired) electrons. The van der Waals surface area contributed by atoms with E-state index in [2.05, 4.69) is 61.2 Å². The second-order valence-electron chi connectivity index (χ2n) is 8.34. The van der Waals surface area contributed by atoms with E-state index in [-0.39, 0.29) is 24.0 Å². The first-order chi connectivity index (χ1) is 16.5. The van der Waals surface area contributed by atoms with E-state index in [9.17, 15) is 9.90 Å². The number of benzene rings is 2. The Labute approximate surface area is 199 Å². The smallest absolute Gasteiger partial charge is 0.157 e. The number of aromatic hydroxyl groups is 1. The average molecular weight is 454 g/mol. The summed E-state index contributed by atoms with van der Waals surface area (Å²) < 4.78 is 7.89. The van der Waals surface area contributed by atoms with Crippen LogP contribution in [0.1, 0.15) is 52.5 Å². The molecular formula is C28H27N3O3. The molecular weight excluding hydrogens is 426 g/mol. The summed E-state index contributed by atoms with van der Waals surface area (Å²) in [6.45, 7) is 6.40. The molecule has 172 valence electrons. The van der Waals surface area contributed by atoms with Crippen LogP contribution in [0.3, 0.4) is 0 Å². The van der Waals surface area contributed by atoms with Gasteiger partial charge in [-0.25, -0.2) is 0 Å². The minimum absolute atomic E-state index is 0.111. The fourth-order valence-electron chi connectivity index (χ4n) is 3.70. The molecule has 0 spiro atoms. The minimum Gasteiger partial charge on any atom is -0.507 e. The molecule has 0 fully saturated rings. The van der Waals surface area contributed by atoms with Gasteiger partial charge in [0.1, 0.15) is 18.1 Å². The molecule has 2 heterocycles. The molecule has 2 aromatic carbocycles. The highest BCUT2D eigenvalue weighted by atomic mass is 16.5. The molecule has 0 aliphatic heterocycles. The zero-order valence-electron chi connectivity index (χ0n) is 19.5. The summed E-state index contributed by atoms with van der Waals surface area (Å²) in [6.07, 6.45) is 8.29. The van der Waals surface area contributed by atoms with Crippen LogP contribution >= 0.6 is 0 Å². The van der Waals surface area contributed by atoms with Crippen molar-refractivity contribution in [1.29, 1.82) is 0 Å². The van der Waals surface area contributed by atoms with Crippen LogP contribution in [0.15, 0.2) is 67.0 Å². The van der Waals surface area contributed by atoms with Gasteiger partial charge in [-0.2, -0.15) is 5.10 Å². The normalized spacial score (nSPS) is 11.3. The molecule has 0 unspecified atom stereocenters. The number of rotatable bonds is 8. The minimum atomic E-state index is -0.111. The summed E-state index contributed by atoms with van der Waals surface area (Å²) in [6, 6.07) is 17.0. The number of phenols is 1. The summed E-state index contributed by atoms with van der Waals surface area (Å²) in [5.41, 5.74) is 5.88. The van der Waals surface area contributed by atoms with Gasteiger partial charge in [0, 0.05) is 23.4 Å². The Kier molecular flexibility index (Phi) is 6.87. The summed E-state index contributed by atoms with van der Waals surface area (Å²) in [7, 11) is 0. The molecule has 0 saturated heterocycles. The number of nitrogens with zero attached hydrogens (tertiary/aromatic N) is 3. The van der Waals surface area contributed by atoms with Gasteiger partial charge in [0.15, 0.2) is 6.29 Å². The maximum atomic E-state index is 11.4. The second-order valence-corrected chi connectivity index (χ2v) is 8.34. The molecule has 0 amide bonds. The van der Waals surface area contributed by atoms with E-state index in [4.69, 9.17) is 4.74 Å². The Balaban J connectivity index is 1.71. The van der Waals surface area contributed by atoms with Crippen molar-refractivity contribution in [3.63, 3.8) is 0 Å². The highest BCUT2D eigenvalue weighted by molar-refractivity contribution is 5.83. The fourth-order valence-corrected chi connectivity index (χ4v) is 3.70. The Morgan fingerprint density at radius 2 is 1.85 bits per heavy atom. The number of aromatic nitrogens is 3. The van der Waals surface area contributed by atoms with E-state index >= 15 is 0 Å². The molecule has 6 heteroatoms. The van der Waals surface area contributed by atoms with Crippen molar-refractivity contribution in [2.24, 2.45) is 0 Å². The summed E-state index contributed by atoms with van der Waals surface area (Å²) in [5.74, 6) is 0.210. The molecule has 6 nitrogen and oxygen atoms in total. The van der Waals surface area contributed by atoms with Gasteiger partial charge in [-0.05, 0) is 44.5 Å². The van der Waals surface area contributed by atoms with Crippen molar-refractivity contribution in [2.45, 2.75) is 33.4 Å². The molecule has 0 aliphatic rings. The van der Waals surface area contributed by atoms with E-state index in [1.807, 2.05) is 29.1 Å². The maximum Gasteiger partial charge on any atom is 0.157 e. The molecule has 1 N–H and O–H groups in total. The molecule has 4 rings (SSSR count). The first-order valence-electron chi connectivity index (χ1n) is 11.1. The summed E-state index contributed by atoms with van der Waals surface area (Å²) in [5, 5.41) is 14.6. The third kappa shape index (κ3) is 4.91. The van der Waals surface area contributed by atoms with Crippen LogP contribution in [-0.2, 0) is 6.61 Å². The molecule has 0 saturated carbocycles. The van der Waals surface area contributed by atoms with Crippen LogP contribution in [0.25, 0.3) is 23.5 Å². The lowest BCUT2D eigenvalue weighted by Crippen LogP contribution is -2.08. The van der Waals surface area contributed by atoms with Gasteiger partial charge in [0.25, 0.3) is 0 Å². The lowest BCUT2D eigenvalue weighted by Gasteiger charge is -2.15. The van der Waals surface area contributed by atoms with Crippen molar-refractivity contribution < 1.29 is 14.6 Å². The van der Waals surface area contributed by atoms with Gasteiger partial charge in [-0.1, -0.05) is 54.1 Å². The van der Waals surface area contributed by atoms with Gasteiger partial charge in [-0.3, -0.25) is 14.5 Å². The van der Waals surface area contributed by atoms with Gasteiger partial charge in [0.2, 0.25) is 0 Å². The number of carbonyl (C=O) groups is 1. The first-order valence-corrected chi connectivity index (χ1v) is 11.1. The SMILES string of the molecule is Cc1ccc(/C=C/c2cnn(C(C)C)c2-c2ncccc2COc2cccc(O)c2C=O)cc1. The van der Waals surface area contributed by atoms with Gasteiger partial charge < -0.3 is 9.84 Å². The monoisotopic (exact) mass is 453 g/mol. The van der Waals surface area contributed by atoms with E-state index in [1.165, 1.54) is 11.6 Å². The van der Waals surface area contributed by atoms with E-state index in [0.717, 1.165) is 28.1 Å².